The number of nitrogens with one attached hydrogen (secondary N) is 1. The van der Waals surface area contributed by atoms with E-state index in [9.17, 15) is 0 Å². The zero-order chi connectivity index (χ0) is 12.3. The van der Waals surface area contributed by atoms with Crippen molar-refractivity contribution in [2.75, 3.05) is 5.32 Å². The Morgan fingerprint density at radius 2 is 1.35 bits per heavy atom. The molecule has 0 aliphatic heterocycles. The zero-order valence-electron chi connectivity index (χ0n) is 8.88. The van der Waals surface area contributed by atoms with Crippen LogP contribution in [-0.4, -0.2) is 0 Å². The van der Waals surface area contributed by atoms with Gasteiger partial charge in [0, 0.05) is 11.6 Å². The van der Waals surface area contributed by atoms with E-state index < -0.39 is 0 Å². The summed E-state index contributed by atoms with van der Waals surface area (Å²) < 4.78 is 0. The van der Waals surface area contributed by atoms with Gasteiger partial charge in [-0.2, -0.15) is 0 Å². The van der Waals surface area contributed by atoms with Gasteiger partial charge >= 0.3 is 0 Å². The number of halogens is 3. The molecule has 0 spiro atoms. The highest BCUT2D eigenvalue weighted by molar-refractivity contribution is 6.39. The van der Waals surface area contributed by atoms with Gasteiger partial charge in [0.25, 0.3) is 0 Å². The fraction of sp³-hybridized carbons (Fsp3) is 0.0769. The van der Waals surface area contributed by atoms with Crippen LogP contribution in [0, 0.1) is 0 Å². The summed E-state index contributed by atoms with van der Waals surface area (Å²) in [7, 11) is 0. The summed E-state index contributed by atoms with van der Waals surface area (Å²) in [6.45, 7) is 0.586. The Labute approximate surface area is 115 Å². The maximum atomic E-state index is 6.06. The normalized spacial score (nSPS) is 10.3. The van der Waals surface area contributed by atoms with Crippen molar-refractivity contribution in [2.45, 2.75) is 6.54 Å². The summed E-state index contributed by atoms with van der Waals surface area (Å²) in [5, 5.41) is 5.12. The van der Waals surface area contributed by atoms with Gasteiger partial charge in [0.15, 0.2) is 0 Å². The van der Waals surface area contributed by atoms with E-state index in [1.165, 1.54) is 0 Å². The van der Waals surface area contributed by atoms with E-state index in [0.29, 0.717) is 16.6 Å². The lowest BCUT2D eigenvalue weighted by atomic mass is 10.2. The number of benzene rings is 2. The van der Waals surface area contributed by atoms with Crippen LogP contribution >= 0.6 is 34.8 Å². The topological polar surface area (TPSA) is 12.0 Å². The molecule has 4 heteroatoms. The first-order chi connectivity index (χ1) is 8.18. The molecule has 0 bridgehead atoms. The highest BCUT2D eigenvalue weighted by Gasteiger charge is 2.05. The minimum atomic E-state index is 0.586. The second-order valence-corrected chi connectivity index (χ2v) is 4.76. The summed E-state index contributed by atoms with van der Waals surface area (Å²) in [5.41, 5.74) is 1.74. The maximum Gasteiger partial charge on any atom is 0.0721 e. The van der Waals surface area contributed by atoms with Gasteiger partial charge in [-0.05, 0) is 23.8 Å². The molecule has 88 valence electrons. The third-order valence-electron chi connectivity index (χ3n) is 2.38. The van der Waals surface area contributed by atoms with Gasteiger partial charge in [-0.15, -0.1) is 0 Å². The number of para-hydroxylation sites is 1. The minimum absolute atomic E-state index is 0.586. The molecule has 1 nitrogen and oxygen atoms in total. The number of hydrogen-bond donors (Lipinski definition) is 1. The summed E-state index contributed by atoms with van der Waals surface area (Å²) in [6.07, 6.45) is 0. The van der Waals surface area contributed by atoms with Crippen LogP contribution in [0.1, 0.15) is 5.56 Å². The van der Waals surface area contributed by atoms with Crippen LogP contribution in [0.25, 0.3) is 0 Å². The molecule has 0 aromatic heterocycles. The van der Waals surface area contributed by atoms with Crippen LogP contribution in [0.15, 0.2) is 42.5 Å². The van der Waals surface area contributed by atoms with Gasteiger partial charge in [-0.1, -0.05) is 59.1 Å². The molecule has 2 aromatic carbocycles. The second kappa shape index (κ2) is 5.63. The Kier molecular flexibility index (Phi) is 4.16. The van der Waals surface area contributed by atoms with Crippen molar-refractivity contribution in [2.24, 2.45) is 0 Å². The van der Waals surface area contributed by atoms with E-state index in [2.05, 4.69) is 5.32 Å². The van der Waals surface area contributed by atoms with E-state index >= 15 is 0 Å². The molecule has 0 saturated heterocycles. The largest absolute Gasteiger partial charge is 0.378 e. The molecule has 0 atom stereocenters. The van der Waals surface area contributed by atoms with Gasteiger partial charge in [0.05, 0.1) is 15.7 Å². The van der Waals surface area contributed by atoms with Gasteiger partial charge < -0.3 is 5.32 Å². The molecule has 0 fully saturated rings. The predicted octanol–water partition coefficient (Wildman–Crippen LogP) is 5.26. The fourth-order valence-electron chi connectivity index (χ4n) is 1.49. The van der Waals surface area contributed by atoms with Crippen LogP contribution in [0.3, 0.4) is 0 Å². The van der Waals surface area contributed by atoms with Crippen molar-refractivity contribution >= 4 is 40.5 Å². The molecule has 0 amide bonds. The lowest BCUT2D eigenvalue weighted by molar-refractivity contribution is 1.15. The van der Waals surface area contributed by atoms with E-state index in [1.807, 2.05) is 30.3 Å². The van der Waals surface area contributed by atoms with Crippen molar-refractivity contribution in [1.29, 1.82) is 0 Å². The first-order valence-corrected chi connectivity index (χ1v) is 6.23. The first kappa shape index (κ1) is 12.6. The second-order valence-electron chi connectivity index (χ2n) is 3.54. The third kappa shape index (κ3) is 3.06. The van der Waals surface area contributed by atoms with E-state index in [4.69, 9.17) is 34.8 Å². The molecule has 0 unspecified atom stereocenters. The highest BCUT2D eigenvalue weighted by atomic mass is 35.5. The van der Waals surface area contributed by atoms with Crippen LogP contribution in [0.2, 0.25) is 15.1 Å². The lowest BCUT2D eigenvalue weighted by Gasteiger charge is -2.11. The van der Waals surface area contributed by atoms with Crippen molar-refractivity contribution in [1.82, 2.24) is 0 Å². The molecular formula is C13H10Cl3N. The molecule has 0 aliphatic carbocycles. The summed E-state index contributed by atoms with van der Waals surface area (Å²) in [5.74, 6) is 0. The monoisotopic (exact) mass is 285 g/mol. The number of anilines is 1. The summed E-state index contributed by atoms with van der Waals surface area (Å²) in [6, 6.07) is 13.0. The Bertz CT molecular complexity index is 506. The van der Waals surface area contributed by atoms with E-state index in [1.54, 1.807) is 12.1 Å². The first-order valence-electron chi connectivity index (χ1n) is 5.10. The van der Waals surface area contributed by atoms with Gasteiger partial charge in [-0.3, -0.25) is 0 Å². The van der Waals surface area contributed by atoms with Gasteiger partial charge in [0.1, 0.15) is 0 Å². The molecule has 1 N–H and O–H groups in total. The van der Waals surface area contributed by atoms with Crippen LogP contribution < -0.4 is 5.32 Å². The Morgan fingerprint density at radius 3 is 2.00 bits per heavy atom. The molecule has 2 aromatic rings. The summed E-state index contributed by atoms with van der Waals surface area (Å²) in [4.78, 5) is 0. The quantitative estimate of drug-likeness (QED) is 0.811. The van der Waals surface area contributed by atoms with Gasteiger partial charge in [-0.25, -0.2) is 0 Å². The number of hydrogen-bond acceptors (Lipinski definition) is 1. The summed E-state index contributed by atoms with van der Waals surface area (Å²) >= 11 is 18.2. The molecule has 0 saturated carbocycles. The van der Waals surface area contributed by atoms with Crippen LogP contribution in [0.4, 0.5) is 5.69 Å². The van der Waals surface area contributed by atoms with Crippen molar-refractivity contribution in [3.63, 3.8) is 0 Å². The SMILES string of the molecule is Clc1ccccc1CNc1c(Cl)cccc1Cl. The van der Waals surface area contributed by atoms with Crippen molar-refractivity contribution in [3.05, 3.63) is 63.1 Å². The minimum Gasteiger partial charge on any atom is -0.378 e. The standard InChI is InChI=1S/C13H10Cl3N/c14-10-5-2-1-4-9(10)8-17-13-11(15)6-3-7-12(13)16/h1-7,17H,8H2. The van der Waals surface area contributed by atoms with E-state index in [0.717, 1.165) is 16.3 Å². The van der Waals surface area contributed by atoms with Gasteiger partial charge in [0.2, 0.25) is 0 Å². The molecule has 0 aliphatic rings. The number of rotatable bonds is 3. The third-order valence-corrected chi connectivity index (χ3v) is 3.37. The Morgan fingerprint density at radius 1 is 0.765 bits per heavy atom. The predicted molar refractivity (Wildman–Crippen MR) is 75.2 cm³/mol. The average Bonchev–Trinajstić information content (AvgIpc) is 2.30. The van der Waals surface area contributed by atoms with Crippen LogP contribution in [0.5, 0.6) is 0 Å². The van der Waals surface area contributed by atoms with E-state index in [-0.39, 0.29) is 0 Å². The zero-order valence-corrected chi connectivity index (χ0v) is 11.2. The molecule has 17 heavy (non-hydrogen) atoms. The molecule has 2 rings (SSSR count). The fourth-order valence-corrected chi connectivity index (χ4v) is 2.23. The Balaban J connectivity index is 2.16. The van der Waals surface area contributed by atoms with Crippen molar-refractivity contribution in [3.8, 4) is 0 Å². The smallest absolute Gasteiger partial charge is 0.0721 e. The van der Waals surface area contributed by atoms with Crippen LogP contribution in [-0.2, 0) is 6.54 Å². The molecule has 0 heterocycles. The average molecular weight is 287 g/mol. The molecule has 0 radical (unpaired) electrons. The molecular weight excluding hydrogens is 277 g/mol. The Hall–Kier alpha value is -0.890. The van der Waals surface area contributed by atoms with Crippen molar-refractivity contribution < 1.29 is 0 Å². The lowest BCUT2D eigenvalue weighted by Crippen LogP contribution is -2.01. The highest BCUT2D eigenvalue weighted by Crippen LogP contribution is 2.30. The maximum absolute atomic E-state index is 6.06.